The van der Waals surface area contributed by atoms with Crippen LogP contribution in [0.3, 0.4) is 0 Å². The Bertz CT molecular complexity index is 513. The van der Waals surface area contributed by atoms with Gasteiger partial charge >= 0.3 is 7.12 Å². The third-order valence-electron chi connectivity index (χ3n) is 2.58. The molecule has 1 heterocycles. The minimum atomic E-state index is -0.326. The van der Waals surface area contributed by atoms with Crippen molar-refractivity contribution in [3.8, 4) is 11.5 Å². The number of hydrogen-bond donors (Lipinski definition) is 0. The molecule has 2 nitrogen and oxygen atoms in total. The molecular formula is C18H23BO2. The Labute approximate surface area is 128 Å². The van der Waals surface area contributed by atoms with E-state index in [2.05, 4.69) is 0 Å². The summed E-state index contributed by atoms with van der Waals surface area (Å²) in [7, 11) is -0.326. The Balaban J connectivity index is 0.000000510. The van der Waals surface area contributed by atoms with Crippen LogP contribution in [-0.2, 0) is 0 Å². The maximum absolute atomic E-state index is 5.62. The average Bonchev–Trinajstić information content (AvgIpc) is 3.00. The molecular weight excluding hydrogens is 259 g/mol. The number of para-hydroxylation sites is 2. The number of hydrogen-bond acceptors (Lipinski definition) is 2. The van der Waals surface area contributed by atoms with Crippen molar-refractivity contribution in [2.24, 2.45) is 0 Å². The molecule has 3 rings (SSSR count). The number of benzene rings is 2. The first kappa shape index (κ1) is 16.9. The van der Waals surface area contributed by atoms with E-state index in [4.69, 9.17) is 9.31 Å². The maximum Gasteiger partial charge on any atom is 0.625 e. The standard InChI is InChI=1S/C14H11BO2.2C2H6/c1-2-6-12(7-3-1)10-11-15-16-13-8-4-5-9-14(13)17-15;2*1-2/h1-11H;2*1-2H3/b11-10+;;. The van der Waals surface area contributed by atoms with Crippen LogP contribution in [0.15, 0.2) is 60.6 Å². The van der Waals surface area contributed by atoms with Gasteiger partial charge in [-0.15, -0.1) is 0 Å². The van der Waals surface area contributed by atoms with Crippen molar-refractivity contribution < 1.29 is 9.31 Å². The first-order valence-corrected chi connectivity index (χ1v) is 7.57. The van der Waals surface area contributed by atoms with Crippen LogP contribution in [0.2, 0.25) is 0 Å². The lowest BCUT2D eigenvalue weighted by Crippen LogP contribution is -2.21. The summed E-state index contributed by atoms with van der Waals surface area (Å²) in [6.45, 7) is 8.00. The summed E-state index contributed by atoms with van der Waals surface area (Å²) in [4.78, 5) is 0. The third kappa shape index (κ3) is 5.03. The second kappa shape index (κ2) is 9.70. The lowest BCUT2D eigenvalue weighted by atomic mass is 9.89. The van der Waals surface area contributed by atoms with Gasteiger partial charge in [0, 0.05) is 0 Å². The molecule has 3 heteroatoms. The molecule has 0 N–H and O–H groups in total. The van der Waals surface area contributed by atoms with Gasteiger partial charge in [-0.25, -0.2) is 0 Å². The highest BCUT2D eigenvalue weighted by atomic mass is 16.6. The van der Waals surface area contributed by atoms with Crippen LogP contribution >= 0.6 is 0 Å². The third-order valence-corrected chi connectivity index (χ3v) is 2.58. The van der Waals surface area contributed by atoms with Crippen LogP contribution in [0, 0.1) is 0 Å². The van der Waals surface area contributed by atoms with E-state index >= 15 is 0 Å². The Morgan fingerprint density at radius 1 is 0.714 bits per heavy atom. The Morgan fingerprint density at radius 3 is 1.71 bits per heavy atom. The Kier molecular flexibility index (Phi) is 7.81. The summed E-state index contributed by atoms with van der Waals surface area (Å²) in [6, 6.07) is 17.8. The topological polar surface area (TPSA) is 18.5 Å². The molecule has 1 aliphatic rings. The molecule has 0 fully saturated rings. The molecule has 2 aromatic rings. The van der Waals surface area contributed by atoms with Gasteiger partial charge in [-0.2, -0.15) is 0 Å². The maximum atomic E-state index is 5.62. The Hall–Kier alpha value is -2.16. The van der Waals surface area contributed by atoms with E-state index in [1.54, 1.807) is 0 Å². The molecule has 1 aliphatic heterocycles. The zero-order chi connectivity index (χ0) is 15.5. The van der Waals surface area contributed by atoms with Crippen molar-refractivity contribution in [3.05, 3.63) is 66.1 Å². The van der Waals surface area contributed by atoms with Crippen LogP contribution in [0.1, 0.15) is 33.3 Å². The minimum absolute atomic E-state index is 0.326. The van der Waals surface area contributed by atoms with Crippen molar-refractivity contribution in [1.82, 2.24) is 0 Å². The van der Waals surface area contributed by atoms with E-state index in [-0.39, 0.29) is 7.12 Å². The molecule has 21 heavy (non-hydrogen) atoms. The van der Waals surface area contributed by atoms with Crippen molar-refractivity contribution in [1.29, 1.82) is 0 Å². The zero-order valence-electron chi connectivity index (χ0n) is 13.2. The van der Waals surface area contributed by atoms with Crippen LogP contribution in [0.4, 0.5) is 0 Å². The summed E-state index contributed by atoms with van der Waals surface area (Å²) in [6.07, 6.45) is 2.00. The van der Waals surface area contributed by atoms with Crippen LogP contribution < -0.4 is 9.31 Å². The molecule has 0 atom stereocenters. The van der Waals surface area contributed by atoms with Gasteiger partial charge in [0.25, 0.3) is 0 Å². The van der Waals surface area contributed by atoms with Gasteiger partial charge in [0.1, 0.15) is 11.5 Å². The quantitative estimate of drug-likeness (QED) is 0.700. The highest BCUT2D eigenvalue weighted by Crippen LogP contribution is 2.32. The first-order valence-electron chi connectivity index (χ1n) is 7.57. The van der Waals surface area contributed by atoms with E-state index < -0.39 is 0 Å². The van der Waals surface area contributed by atoms with E-state index in [9.17, 15) is 0 Å². The molecule has 0 saturated heterocycles. The van der Waals surface area contributed by atoms with Gasteiger partial charge in [0.05, 0.1) is 0 Å². The smallest absolute Gasteiger partial charge is 0.520 e. The largest absolute Gasteiger partial charge is 0.625 e. The number of fused-ring (bicyclic) bond motifs is 1. The van der Waals surface area contributed by atoms with E-state index in [0.29, 0.717) is 0 Å². The van der Waals surface area contributed by atoms with Gasteiger partial charge in [-0.1, -0.05) is 76.2 Å². The molecule has 110 valence electrons. The summed E-state index contributed by atoms with van der Waals surface area (Å²) in [5, 5.41) is 0. The molecule has 0 unspecified atom stereocenters. The van der Waals surface area contributed by atoms with Crippen LogP contribution in [0.25, 0.3) is 6.08 Å². The molecule has 2 aromatic carbocycles. The van der Waals surface area contributed by atoms with Gasteiger partial charge in [-0.05, 0) is 23.7 Å². The Morgan fingerprint density at radius 2 is 1.19 bits per heavy atom. The van der Waals surface area contributed by atoms with Crippen molar-refractivity contribution in [2.75, 3.05) is 0 Å². The molecule has 0 radical (unpaired) electrons. The fraction of sp³-hybridized carbons (Fsp3) is 0.222. The highest BCUT2D eigenvalue weighted by Gasteiger charge is 2.28. The SMILES string of the molecule is C(=C\c1ccccc1)/B1Oc2ccccc2O1.CC.CC. The molecule has 0 aliphatic carbocycles. The molecule has 0 aromatic heterocycles. The van der Waals surface area contributed by atoms with E-state index in [1.807, 2.05) is 94.3 Å². The predicted molar refractivity (Wildman–Crippen MR) is 91.6 cm³/mol. The summed E-state index contributed by atoms with van der Waals surface area (Å²) in [5.74, 6) is 3.51. The van der Waals surface area contributed by atoms with Crippen LogP contribution in [0.5, 0.6) is 11.5 Å². The molecule has 0 bridgehead atoms. The first-order chi connectivity index (χ1) is 10.4. The predicted octanol–water partition coefficient (Wildman–Crippen LogP) is 5.25. The molecule has 0 amide bonds. The number of rotatable bonds is 2. The van der Waals surface area contributed by atoms with Gasteiger partial charge < -0.3 is 9.31 Å². The van der Waals surface area contributed by atoms with Gasteiger partial charge in [-0.3, -0.25) is 0 Å². The average molecular weight is 282 g/mol. The fourth-order valence-corrected chi connectivity index (χ4v) is 1.75. The van der Waals surface area contributed by atoms with Crippen molar-refractivity contribution in [3.63, 3.8) is 0 Å². The van der Waals surface area contributed by atoms with Gasteiger partial charge in [0.15, 0.2) is 0 Å². The minimum Gasteiger partial charge on any atom is -0.520 e. The zero-order valence-corrected chi connectivity index (χ0v) is 13.2. The second-order valence-electron chi connectivity index (χ2n) is 3.82. The van der Waals surface area contributed by atoms with Crippen LogP contribution in [-0.4, -0.2) is 7.12 Å². The lowest BCUT2D eigenvalue weighted by molar-refractivity contribution is 0.517. The van der Waals surface area contributed by atoms with Crippen molar-refractivity contribution >= 4 is 13.2 Å². The summed E-state index contributed by atoms with van der Waals surface area (Å²) >= 11 is 0. The normalized spacial score (nSPS) is 11.3. The van der Waals surface area contributed by atoms with E-state index in [1.165, 1.54) is 0 Å². The molecule has 0 saturated carbocycles. The highest BCUT2D eigenvalue weighted by molar-refractivity contribution is 6.54. The molecule has 0 spiro atoms. The van der Waals surface area contributed by atoms with E-state index in [0.717, 1.165) is 17.1 Å². The summed E-state index contributed by atoms with van der Waals surface area (Å²) in [5.41, 5.74) is 1.13. The second-order valence-corrected chi connectivity index (χ2v) is 3.82. The lowest BCUT2D eigenvalue weighted by Gasteiger charge is -1.97. The monoisotopic (exact) mass is 282 g/mol. The van der Waals surface area contributed by atoms with Gasteiger partial charge in [0.2, 0.25) is 0 Å². The summed E-state index contributed by atoms with van der Waals surface area (Å²) < 4.78 is 11.2. The van der Waals surface area contributed by atoms with Crippen molar-refractivity contribution in [2.45, 2.75) is 27.7 Å². The fourth-order valence-electron chi connectivity index (χ4n) is 1.75.